The number of aromatic nitrogens is 4. The van der Waals surface area contributed by atoms with E-state index < -0.39 is 23.2 Å². The van der Waals surface area contributed by atoms with Crippen molar-refractivity contribution in [2.45, 2.75) is 114 Å². The molecule has 5 aliphatic rings. The second kappa shape index (κ2) is 10.7. The Bertz CT molecular complexity index is 1490. The van der Waals surface area contributed by atoms with Gasteiger partial charge in [-0.3, -0.25) is 4.79 Å². The summed E-state index contributed by atoms with van der Waals surface area (Å²) in [5.41, 5.74) is 0.859. The molecule has 3 aromatic rings. The second-order valence-electron chi connectivity index (χ2n) is 13.9. The molecule has 0 radical (unpaired) electrons. The van der Waals surface area contributed by atoms with Crippen LogP contribution in [0.15, 0.2) is 33.3 Å². The van der Waals surface area contributed by atoms with E-state index in [4.69, 9.17) is 9.05 Å². The van der Waals surface area contributed by atoms with Crippen LogP contribution in [-0.2, 0) is 16.1 Å². The third-order valence-corrected chi connectivity index (χ3v) is 10.6. The minimum atomic E-state index is -3.20. The number of fused-ring (bicyclic) bond motifs is 3. The summed E-state index contributed by atoms with van der Waals surface area (Å²) in [6, 6.07) is 7.55. The van der Waals surface area contributed by atoms with Gasteiger partial charge in [-0.25, -0.2) is 8.78 Å². The Balaban J connectivity index is 1.12. The summed E-state index contributed by atoms with van der Waals surface area (Å²) in [6.45, 7) is 1.23. The van der Waals surface area contributed by atoms with E-state index in [0.717, 1.165) is 44.6 Å². The lowest BCUT2D eigenvalue weighted by Gasteiger charge is -2.53. The fourth-order valence-corrected chi connectivity index (χ4v) is 7.44. The standard InChI is InChI=1S/C32H37F4N5O3/c1-29(33,34)28-38-27(40-44-28)31-14-11-30(12-15-31,13-16-31)19-41(24(42)17-20-7-9-32(35,36)10-8-20)23-4-2-3-22(18-23)26-37-25(39-43-26)21-5-6-21/h2-4,18,20-21H,5-17,19H2,1H3. The average molecular weight is 616 g/mol. The van der Waals surface area contributed by atoms with E-state index in [-0.39, 0.29) is 36.5 Å². The highest BCUT2D eigenvalue weighted by Gasteiger charge is 2.53. The van der Waals surface area contributed by atoms with Crippen LogP contribution in [0, 0.1) is 11.3 Å². The molecule has 2 heterocycles. The van der Waals surface area contributed by atoms with E-state index in [0.29, 0.717) is 67.8 Å². The zero-order chi connectivity index (χ0) is 30.7. The molecule has 12 heteroatoms. The molecule has 5 saturated carbocycles. The molecule has 5 fully saturated rings. The van der Waals surface area contributed by atoms with E-state index in [2.05, 4.69) is 20.3 Å². The Morgan fingerprint density at radius 3 is 2.30 bits per heavy atom. The summed E-state index contributed by atoms with van der Waals surface area (Å²) in [6.07, 6.45) is 7.10. The zero-order valence-corrected chi connectivity index (χ0v) is 24.8. The van der Waals surface area contributed by atoms with Crippen molar-refractivity contribution in [1.82, 2.24) is 20.3 Å². The Labute approximate surface area is 253 Å². The molecule has 236 valence electrons. The van der Waals surface area contributed by atoms with Crippen molar-refractivity contribution in [3.63, 3.8) is 0 Å². The maximum absolute atomic E-state index is 14.0. The first kappa shape index (κ1) is 29.4. The fourth-order valence-electron chi connectivity index (χ4n) is 7.44. The van der Waals surface area contributed by atoms with Crippen LogP contribution in [0.1, 0.15) is 114 Å². The predicted molar refractivity (Wildman–Crippen MR) is 151 cm³/mol. The molecule has 0 aliphatic heterocycles. The van der Waals surface area contributed by atoms with Gasteiger partial charge in [0.05, 0.1) is 0 Å². The summed E-state index contributed by atoms with van der Waals surface area (Å²) >= 11 is 0. The number of halogens is 4. The van der Waals surface area contributed by atoms with E-state index >= 15 is 0 Å². The SMILES string of the molecule is CC(F)(F)c1nc(C23CCC(CN(C(=O)CC4CCC(F)(F)CC4)c4cccc(-c5nc(C6CC6)no5)c4)(CC2)CC3)no1. The topological polar surface area (TPSA) is 98.2 Å². The summed E-state index contributed by atoms with van der Waals surface area (Å²) in [7, 11) is 0. The molecule has 2 bridgehead atoms. The number of anilines is 1. The van der Waals surface area contributed by atoms with Gasteiger partial charge in [0.1, 0.15) is 0 Å². The van der Waals surface area contributed by atoms with Gasteiger partial charge in [-0.1, -0.05) is 16.4 Å². The molecule has 0 spiro atoms. The molecule has 8 rings (SSSR count). The summed E-state index contributed by atoms with van der Waals surface area (Å²) in [5, 5.41) is 8.10. The Morgan fingerprint density at radius 1 is 0.955 bits per heavy atom. The highest BCUT2D eigenvalue weighted by atomic mass is 19.3. The van der Waals surface area contributed by atoms with E-state index in [1.54, 1.807) is 0 Å². The summed E-state index contributed by atoms with van der Waals surface area (Å²) in [4.78, 5) is 24.5. The first-order chi connectivity index (χ1) is 20.9. The molecular formula is C32H37F4N5O3. The molecule has 5 aliphatic carbocycles. The van der Waals surface area contributed by atoms with Crippen molar-refractivity contribution in [2.24, 2.45) is 11.3 Å². The number of amides is 1. The van der Waals surface area contributed by atoms with Crippen molar-refractivity contribution >= 4 is 11.6 Å². The van der Waals surface area contributed by atoms with Crippen LogP contribution in [0.2, 0.25) is 0 Å². The van der Waals surface area contributed by atoms with E-state index in [1.165, 1.54) is 0 Å². The first-order valence-corrected chi connectivity index (χ1v) is 15.8. The van der Waals surface area contributed by atoms with Gasteiger partial charge in [0.25, 0.3) is 11.8 Å². The van der Waals surface area contributed by atoms with Gasteiger partial charge in [0, 0.05) is 55.3 Å². The molecule has 0 saturated heterocycles. The number of nitrogens with zero attached hydrogens (tertiary/aromatic N) is 5. The lowest BCUT2D eigenvalue weighted by molar-refractivity contribution is -0.121. The third kappa shape index (κ3) is 5.76. The highest BCUT2D eigenvalue weighted by molar-refractivity contribution is 5.94. The van der Waals surface area contributed by atoms with Crippen LogP contribution >= 0.6 is 0 Å². The van der Waals surface area contributed by atoms with Gasteiger partial charge < -0.3 is 13.9 Å². The van der Waals surface area contributed by atoms with Gasteiger partial charge in [0.15, 0.2) is 11.6 Å². The summed E-state index contributed by atoms with van der Waals surface area (Å²) < 4.78 is 65.8. The quantitative estimate of drug-likeness (QED) is 0.225. The van der Waals surface area contributed by atoms with Crippen molar-refractivity contribution in [2.75, 3.05) is 11.4 Å². The van der Waals surface area contributed by atoms with Gasteiger partial charge in [-0.2, -0.15) is 18.7 Å². The molecule has 0 atom stereocenters. The van der Waals surface area contributed by atoms with E-state index in [9.17, 15) is 22.4 Å². The minimum Gasteiger partial charge on any atom is -0.334 e. The molecule has 0 unspecified atom stereocenters. The van der Waals surface area contributed by atoms with Crippen LogP contribution in [0.4, 0.5) is 23.2 Å². The van der Waals surface area contributed by atoms with Gasteiger partial charge in [-0.05, 0) is 93.7 Å². The molecule has 44 heavy (non-hydrogen) atoms. The number of alkyl halides is 4. The average Bonchev–Trinajstić information content (AvgIpc) is 3.49. The van der Waals surface area contributed by atoms with E-state index in [1.807, 2.05) is 29.2 Å². The van der Waals surface area contributed by atoms with Gasteiger partial charge in [0.2, 0.25) is 11.8 Å². The normalized spacial score (nSPS) is 27.0. The second-order valence-corrected chi connectivity index (χ2v) is 13.9. The number of hydrogen-bond acceptors (Lipinski definition) is 7. The molecular weight excluding hydrogens is 578 g/mol. The Hall–Kier alpha value is -3.31. The Kier molecular flexibility index (Phi) is 7.12. The lowest BCUT2D eigenvalue weighted by Crippen LogP contribution is -2.51. The van der Waals surface area contributed by atoms with Crippen LogP contribution in [-0.4, -0.2) is 38.7 Å². The molecule has 1 aromatic carbocycles. The fraction of sp³-hybridized carbons (Fsp3) is 0.656. The number of carbonyl (C=O) groups is 1. The van der Waals surface area contributed by atoms with Crippen LogP contribution < -0.4 is 4.90 Å². The number of carbonyl (C=O) groups excluding carboxylic acids is 1. The zero-order valence-electron chi connectivity index (χ0n) is 24.8. The Morgan fingerprint density at radius 2 is 1.66 bits per heavy atom. The third-order valence-electron chi connectivity index (χ3n) is 10.6. The summed E-state index contributed by atoms with van der Waals surface area (Å²) in [5.74, 6) is -4.87. The largest absolute Gasteiger partial charge is 0.334 e. The van der Waals surface area contributed by atoms with Crippen molar-refractivity contribution in [3.05, 3.63) is 41.8 Å². The molecule has 2 aromatic heterocycles. The molecule has 0 N–H and O–H groups in total. The van der Waals surface area contributed by atoms with Crippen LogP contribution in [0.5, 0.6) is 0 Å². The number of rotatable bonds is 9. The van der Waals surface area contributed by atoms with Crippen molar-refractivity contribution < 1.29 is 31.4 Å². The lowest BCUT2D eigenvalue weighted by atomic mass is 9.53. The molecule has 1 amide bonds. The predicted octanol–water partition coefficient (Wildman–Crippen LogP) is 7.95. The van der Waals surface area contributed by atoms with Crippen molar-refractivity contribution in [3.8, 4) is 11.5 Å². The minimum absolute atomic E-state index is 0.0775. The smallest absolute Gasteiger partial charge is 0.322 e. The highest BCUT2D eigenvalue weighted by Crippen LogP contribution is 2.58. The maximum Gasteiger partial charge on any atom is 0.322 e. The van der Waals surface area contributed by atoms with Crippen LogP contribution in [0.25, 0.3) is 11.5 Å². The number of benzene rings is 1. The molecule has 8 nitrogen and oxygen atoms in total. The monoisotopic (exact) mass is 615 g/mol. The first-order valence-electron chi connectivity index (χ1n) is 15.8. The number of hydrogen-bond donors (Lipinski definition) is 0. The van der Waals surface area contributed by atoms with Gasteiger partial charge >= 0.3 is 5.92 Å². The van der Waals surface area contributed by atoms with Crippen molar-refractivity contribution in [1.29, 1.82) is 0 Å². The van der Waals surface area contributed by atoms with Crippen LogP contribution in [0.3, 0.4) is 0 Å². The maximum atomic E-state index is 14.0. The van der Waals surface area contributed by atoms with Gasteiger partial charge in [-0.15, -0.1) is 0 Å².